The van der Waals surface area contributed by atoms with Gasteiger partial charge in [0.05, 0.1) is 6.20 Å². The van der Waals surface area contributed by atoms with Gasteiger partial charge in [-0.05, 0) is 25.3 Å². The predicted molar refractivity (Wildman–Crippen MR) is 77.6 cm³/mol. The molecule has 1 aliphatic rings. The molecule has 1 aromatic heterocycles. The smallest absolute Gasteiger partial charge is 0.269 e. The average molecular weight is 269 g/mol. The summed E-state index contributed by atoms with van der Waals surface area (Å²) in [6.07, 6.45) is 5.09. The van der Waals surface area contributed by atoms with Gasteiger partial charge in [0, 0.05) is 12.0 Å². The summed E-state index contributed by atoms with van der Waals surface area (Å²) < 4.78 is 0. The van der Waals surface area contributed by atoms with E-state index in [-0.39, 0.29) is 11.3 Å². The Hall–Kier alpha value is -2.10. The minimum atomic E-state index is -0.0761. The van der Waals surface area contributed by atoms with Crippen LogP contribution in [0.2, 0.25) is 0 Å². The van der Waals surface area contributed by atoms with E-state index in [0.29, 0.717) is 12.2 Å². The van der Waals surface area contributed by atoms with Crippen LogP contribution in [0.1, 0.15) is 41.1 Å². The monoisotopic (exact) mass is 269 g/mol. The van der Waals surface area contributed by atoms with E-state index in [1.54, 1.807) is 6.20 Å². The van der Waals surface area contributed by atoms with Gasteiger partial charge in [0.2, 0.25) is 0 Å². The van der Waals surface area contributed by atoms with E-state index in [1.807, 2.05) is 13.0 Å². The highest BCUT2D eigenvalue weighted by atomic mass is 16.1. The van der Waals surface area contributed by atoms with Gasteiger partial charge in [0.1, 0.15) is 11.5 Å². The van der Waals surface area contributed by atoms with Gasteiger partial charge >= 0.3 is 0 Å². The molecule has 1 heterocycles. The number of nitrogens with zero attached hydrogens (tertiary/aromatic N) is 1. The summed E-state index contributed by atoms with van der Waals surface area (Å²) in [6, 6.07) is 10.5. The van der Waals surface area contributed by atoms with Crippen LogP contribution in [0, 0.1) is 6.92 Å². The molecule has 0 radical (unpaired) electrons. The molecule has 1 amide bonds. The number of benzene rings is 1. The third kappa shape index (κ3) is 2.33. The quantitative estimate of drug-likeness (QED) is 0.896. The lowest BCUT2D eigenvalue weighted by atomic mass is 9.64. The number of amides is 1. The lowest BCUT2D eigenvalue weighted by Gasteiger charge is -2.42. The molecule has 0 bridgehead atoms. The van der Waals surface area contributed by atoms with E-state index in [4.69, 9.17) is 0 Å². The van der Waals surface area contributed by atoms with Crippen LogP contribution in [0.15, 0.2) is 36.5 Å². The molecule has 2 N–H and O–H groups in total. The zero-order valence-corrected chi connectivity index (χ0v) is 11.6. The Balaban J connectivity index is 1.69. The standard InChI is InChI=1S/C16H19N3O/c1-12-17-10-14(19-12)15(20)18-11-16(8-5-9-16)13-6-3-2-4-7-13/h2-4,6-7,10H,5,8-9,11H2,1H3,(H,17,19)(H,18,20). The van der Waals surface area contributed by atoms with Crippen LogP contribution in [0.4, 0.5) is 0 Å². The van der Waals surface area contributed by atoms with E-state index in [0.717, 1.165) is 18.7 Å². The Morgan fingerprint density at radius 2 is 2.10 bits per heavy atom. The number of rotatable bonds is 4. The van der Waals surface area contributed by atoms with Crippen molar-refractivity contribution in [1.29, 1.82) is 0 Å². The molecular formula is C16H19N3O. The number of carbonyl (C=O) groups is 1. The molecule has 0 spiro atoms. The summed E-state index contributed by atoms with van der Waals surface area (Å²) in [5.41, 5.74) is 1.98. The van der Waals surface area contributed by atoms with Gasteiger partial charge < -0.3 is 10.3 Å². The second-order valence-electron chi connectivity index (χ2n) is 5.56. The van der Waals surface area contributed by atoms with Crippen molar-refractivity contribution in [2.24, 2.45) is 0 Å². The zero-order valence-electron chi connectivity index (χ0n) is 11.6. The lowest BCUT2D eigenvalue weighted by Crippen LogP contribution is -2.45. The second-order valence-corrected chi connectivity index (χ2v) is 5.56. The van der Waals surface area contributed by atoms with E-state index in [9.17, 15) is 4.79 Å². The molecule has 1 saturated carbocycles. The maximum absolute atomic E-state index is 12.1. The maximum Gasteiger partial charge on any atom is 0.269 e. The van der Waals surface area contributed by atoms with Crippen molar-refractivity contribution < 1.29 is 4.79 Å². The first-order chi connectivity index (χ1) is 9.70. The van der Waals surface area contributed by atoms with Crippen LogP contribution in [0.25, 0.3) is 0 Å². The summed E-state index contributed by atoms with van der Waals surface area (Å²) in [6.45, 7) is 2.53. The van der Waals surface area contributed by atoms with Gasteiger partial charge in [-0.3, -0.25) is 4.79 Å². The van der Waals surface area contributed by atoms with E-state index >= 15 is 0 Å². The van der Waals surface area contributed by atoms with Crippen LogP contribution in [0.5, 0.6) is 0 Å². The summed E-state index contributed by atoms with van der Waals surface area (Å²) in [4.78, 5) is 19.1. The molecule has 20 heavy (non-hydrogen) atoms. The highest BCUT2D eigenvalue weighted by Gasteiger charge is 2.38. The van der Waals surface area contributed by atoms with Crippen molar-refractivity contribution in [3.63, 3.8) is 0 Å². The minimum absolute atomic E-state index is 0.0761. The molecule has 0 atom stereocenters. The molecule has 4 nitrogen and oxygen atoms in total. The number of imidazole rings is 1. The number of aromatic nitrogens is 2. The zero-order chi connectivity index (χ0) is 14.0. The topological polar surface area (TPSA) is 57.8 Å². The number of H-pyrrole nitrogens is 1. The number of aromatic amines is 1. The van der Waals surface area contributed by atoms with E-state index in [2.05, 4.69) is 39.6 Å². The number of hydrogen-bond acceptors (Lipinski definition) is 2. The van der Waals surface area contributed by atoms with Crippen molar-refractivity contribution in [1.82, 2.24) is 15.3 Å². The molecule has 3 rings (SSSR count). The molecular weight excluding hydrogens is 250 g/mol. The summed E-state index contributed by atoms with van der Waals surface area (Å²) in [5.74, 6) is 0.685. The fourth-order valence-corrected chi connectivity index (χ4v) is 2.84. The Labute approximate surface area is 118 Å². The van der Waals surface area contributed by atoms with Gasteiger partial charge in [-0.25, -0.2) is 4.98 Å². The Morgan fingerprint density at radius 1 is 1.35 bits per heavy atom. The van der Waals surface area contributed by atoms with Crippen molar-refractivity contribution in [3.05, 3.63) is 53.6 Å². The molecule has 0 unspecified atom stereocenters. The third-order valence-corrected chi connectivity index (χ3v) is 4.23. The summed E-state index contributed by atoms with van der Waals surface area (Å²) in [7, 11) is 0. The van der Waals surface area contributed by atoms with Crippen molar-refractivity contribution in [2.75, 3.05) is 6.54 Å². The van der Waals surface area contributed by atoms with Crippen LogP contribution in [-0.4, -0.2) is 22.4 Å². The molecule has 1 aliphatic carbocycles. The largest absolute Gasteiger partial charge is 0.350 e. The molecule has 4 heteroatoms. The predicted octanol–water partition coefficient (Wildman–Crippen LogP) is 2.57. The summed E-state index contributed by atoms with van der Waals surface area (Å²) >= 11 is 0. The maximum atomic E-state index is 12.1. The average Bonchev–Trinajstić information content (AvgIpc) is 2.85. The van der Waals surface area contributed by atoms with Crippen LogP contribution in [-0.2, 0) is 5.41 Å². The number of nitrogens with one attached hydrogen (secondary N) is 2. The van der Waals surface area contributed by atoms with Crippen molar-refractivity contribution >= 4 is 5.91 Å². The number of aryl methyl sites for hydroxylation is 1. The highest BCUT2D eigenvalue weighted by molar-refractivity contribution is 5.92. The fourth-order valence-electron chi connectivity index (χ4n) is 2.84. The first-order valence-electron chi connectivity index (χ1n) is 7.05. The van der Waals surface area contributed by atoms with Gasteiger partial charge in [-0.2, -0.15) is 0 Å². The third-order valence-electron chi connectivity index (χ3n) is 4.23. The van der Waals surface area contributed by atoms with Gasteiger partial charge in [0.15, 0.2) is 0 Å². The second kappa shape index (κ2) is 5.12. The number of carbonyl (C=O) groups excluding carboxylic acids is 1. The van der Waals surface area contributed by atoms with Crippen molar-refractivity contribution in [2.45, 2.75) is 31.6 Å². The van der Waals surface area contributed by atoms with Crippen LogP contribution < -0.4 is 5.32 Å². The Kier molecular flexibility index (Phi) is 3.30. The van der Waals surface area contributed by atoms with Gasteiger partial charge in [-0.15, -0.1) is 0 Å². The SMILES string of the molecule is Cc1ncc(C(=O)NCC2(c3ccccc3)CCC2)[nH]1. The van der Waals surface area contributed by atoms with Crippen LogP contribution >= 0.6 is 0 Å². The normalized spacial score (nSPS) is 16.4. The summed E-state index contributed by atoms with van der Waals surface area (Å²) in [5, 5.41) is 3.04. The Morgan fingerprint density at radius 3 is 2.65 bits per heavy atom. The molecule has 104 valence electrons. The molecule has 0 saturated heterocycles. The first kappa shape index (κ1) is 12.9. The Bertz CT molecular complexity index is 599. The van der Waals surface area contributed by atoms with E-state index < -0.39 is 0 Å². The fraction of sp³-hybridized carbons (Fsp3) is 0.375. The molecule has 1 aromatic carbocycles. The molecule has 2 aromatic rings. The highest BCUT2D eigenvalue weighted by Crippen LogP contribution is 2.43. The first-order valence-corrected chi connectivity index (χ1v) is 7.05. The molecule has 0 aliphatic heterocycles. The van der Waals surface area contributed by atoms with Crippen LogP contribution in [0.3, 0.4) is 0 Å². The lowest BCUT2D eigenvalue weighted by molar-refractivity contribution is 0.0923. The molecule has 1 fully saturated rings. The number of hydrogen-bond donors (Lipinski definition) is 2. The van der Waals surface area contributed by atoms with E-state index in [1.165, 1.54) is 12.0 Å². The van der Waals surface area contributed by atoms with Gasteiger partial charge in [-0.1, -0.05) is 36.8 Å². The van der Waals surface area contributed by atoms with Gasteiger partial charge in [0.25, 0.3) is 5.91 Å². The minimum Gasteiger partial charge on any atom is -0.350 e. The van der Waals surface area contributed by atoms with Crippen molar-refractivity contribution in [3.8, 4) is 0 Å².